The Balaban J connectivity index is 1.51. The minimum Gasteiger partial charge on any atom is -0.357 e. The van der Waals surface area contributed by atoms with Crippen LogP contribution in [-0.4, -0.2) is 61.9 Å². The van der Waals surface area contributed by atoms with Gasteiger partial charge < -0.3 is 15.1 Å². The Labute approximate surface area is 251 Å². The van der Waals surface area contributed by atoms with Crippen LogP contribution in [0.3, 0.4) is 0 Å². The van der Waals surface area contributed by atoms with Gasteiger partial charge in [0.05, 0.1) is 35.4 Å². The molecule has 0 bridgehead atoms. The number of rotatable bonds is 4. The second-order valence-corrected chi connectivity index (χ2v) is 11.0. The molecule has 0 aliphatic carbocycles. The van der Waals surface area contributed by atoms with Crippen LogP contribution in [0.2, 0.25) is 5.02 Å². The highest BCUT2D eigenvalue weighted by atomic mass is 35.5. The van der Waals surface area contributed by atoms with Crippen LogP contribution in [0.1, 0.15) is 74.9 Å². The normalized spacial score (nSPS) is 19.4. The number of carbonyl (C=O) groups is 3. The number of pyridine rings is 1. The van der Waals surface area contributed by atoms with E-state index in [2.05, 4.69) is 15.4 Å². The van der Waals surface area contributed by atoms with E-state index < -0.39 is 64.5 Å². The number of likely N-dealkylation sites (N-methyl/N-ethyl adjacent to an activating group) is 1. The van der Waals surface area contributed by atoms with Gasteiger partial charge in [-0.2, -0.15) is 31.4 Å². The molecule has 4 heterocycles. The quantitative estimate of drug-likeness (QED) is 0.401. The number of nitrogens with zero attached hydrogens (tertiary/aromatic N) is 5. The predicted octanol–water partition coefficient (Wildman–Crippen LogP) is 5.06. The number of hydrogen-bond donors (Lipinski definition) is 1. The summed E-state index contributed by atoms with van der Waals surface area (Å²) in [5.41, 5.74) is -1.46. The van der Waals surface area contributed by atoms with Crippen LogP contribution in [0.5, 0.6) is 0 Å². The Morgan fingerprint density at radius 1 is 1.09 bits per heavy atom. The first-order chi connectivity index (χ1) is 20.5. The van der Waals surface area contributed by atoms with Crippen LogP contribution in [0.4, 0.5) is 26.3 Å². The monoisotopic (exact) mass is 642 g/mol. The number of alkyl halides is 6. The molecule has 2 aliphatic heterocycles. The maximum absolute atomic E-state index is 14.0. The van der Waals surface area contributed by atoms with Crippen molar-refractivity contribution in [2.75, 3.05) is 13.6 Å². The molecule has 0 saturated heterocycles. The molecule has 2 aliphatic rings. The molecule has 3 aromatic rings. The predicted molar refractivity (Wildman–Crippen MR) is 144 cm³/mol. The Morgan fingerprint density at radius 2 is 1.80 bits per heavy atom. The van der Waals surface area contributed by atoms with Gasteiger partial charge in [-0.3, -0.25) is 19.4 Å². The fraction of sp³-hybridized carbons (Fsp3) is 0.393. The van der Waals surface area contributed by atoms with Crippen LogP contribution >= 0.6 is 11.6 Å². The van der Waals surface area contributed by atoms with Crippen LogP contribution in [-0.2, 0) is 30.1 Å². The largest absolute Gasteiger partial charge is 0.433 e. The number of hydrogen-bond acceptors (Lipinski definition) is 5. The third kappa shape index (κ3) is 5.48. The van der Waals surface area contributed by atoms with E-state index in [4.69, 9.17) is 11.6 Å². The zero-order chi connectivity index (χ0) is 32.3. The zero-order valence-corrected chi connectivity index (χ0v) is 24.2. The van der Waals surface area contributed by atoms with Crippen molar-refractivity contribution in [3.05, 3.63) is 80.9 Å². The summed E-state index contributed by atoms with van der Waals surface area (Å²) in [6.45, 7) is 2.92. The maximum Gasteiger partial charge on any atom is 0.433 e. The van der Waals surface area contributed by atoms with E-state index in [1.165, 1.54) is 33.7 Å². The second-order valence-electron chi connectivity index (χ2n) is 10.6. The fourth-order valence-electron chi connectivity index (χ4n) is 5.50. The molecule has 2 aromatic heterocycles. The van der Waals surface area contributed by atoms with E-state index in [0.29, 0.717) is 17.3 Å². The van der Waals surface area contributed by atoms with Gasteiger partial charge in [-0.15, -0.1) is 0 Å². The molecule has 16 heteroatoms. The molecule has 3 atom stereocenters. The summed E-state index contributed by atoms with van der Waals surface area (Å²) in [7, 11) is 1.40. The van der Waals surface area contributed by atoms with E-state index in [-0.39, 0.29) is 36.3 Å². The minimum absolute atomic E-state index is 0.00311. The highest BCUT2D eigenvalue weighted by Gasteiger charge is 2.44. The smallest absolute Gasteiger partial charge is 0.357 e. The Morgan fingerprint density at radius 3 is 2.39 bits per heavy atom. The summed E-state index contributed by atoms with van der Waals surface area (Å²) < 4.78 is 80.9. The molecule has 0 fully saturated rings. The van der Waals surface area contributed by atoms with Crippen molar-refractivity contribution in [3.63, 3.8) is 0 Å². The van der Waals surface area contributed by atoms with Gasteiger partial charge in [-0.05, 0) is 43.7 Å². The van der Waals surface area contributed by atoms with Crippen molar-refractivity contribution >= 4 is 29.3 Å². The lowest BCUT2D eigenvalue weighted by Crippen LogP contribution is -2.49. The summed E-state index contributed by atoms with van der Waals surface area (Å²) in [6.07, 6.45) is -8.28. The molecule has 9 nitrogen and oxygen atoms in total. The molecule has 0 saturated carbocycles. The van der Waals surface area contributed by atoms with Gasteiger partial charge in [0.25, 0.3) is 11.8 Å². The van der Waals surface area contributed by atoms with E-state index in [1.807, 2.05) is 0 Å². The van der Waals surface area contributed by atoms with Gasteiger partial charge >= 0.3 is 12.4 Å². The third-order valence-electron chi connectivity index (χ3n) is 7.92. The number of halogens is 7. The van der Waals surface area contributed by atoms with Crippen LogP contribution in [0, 0.1) is 0 Å². The lowest BCUT2D eigenvalue weighted by Gasteiger charge is -2.38. The zero-order valence-electron chi connectivity index (χ0n) is 23.4. The van der Waals surface area contributed by atoms with E-state index in [0.717, 1.165) is 18.3 Å². The summed E-state index contributed by atoms with van der Waals surface area (Å²) in [4.78, 5) is 46.5. The Hall–Kier alpha value is -4.14. The Bertz CT molecular complexity index is 1640. The topological polar surface area (TPSA) is 100 Å². The number of amides is 3. The molecule has 44 heavy (non-hydrogen) atoms. The van der Waals surface area contributed by atoms with Crippen molar-refractivity contribution in [2.45, 2.75) is 57.3 Å². The number of fused-ring (bicyclic) bond motifs is 3. The molecule has 0 spiro atoms. The van der Waals surface area contributed by atoms with Gasteiger partial charge in [0, 0.05) is 36.8 Å². The van der Waals surface area contributed by atoms with Crippen molar-refractivity contribution in [1.82, 2.24) is 29.9 Å². The van der Waals surface area contributed by atoms with Gasteiger partial charge in [-0.1, -0.05) is 17.7 Å². The van der Waals surface area contributed by atoms with Crippen molar-refractivity contribution in [3.8, 4) is 0 Å². The average molecular weight is 643 g/mol. The molecule has 0 unspecified atom stereocenters. The highest BCUT2D eigenvalue weighted by Crippen LogP contribution is 2.38. The minimum atomic E-state index is -4.79. The van der Waals surface area contributed by atoms with Crippen molar-refractivity contribution < 1.29 is 40.7 Å². The molecule has 0 radical (unpaired) electrons. The van der Waals surface area contributed by atoms with E-state index >= 15 is 0 Å². The number of carbonyl (C=O) groups excluding carboxylic acids is 3. The van der Waals surface area contributed by atoms with Crippen LogP contribution in [0.15, 0.2) is 36.5 Å². The first kappa shape index (κ1) is 31.3. The molecular formula is C28H25ClF6N6O3. The van der Waals surface area contributed by atoms with Crippen molar-refractivity contribution in [2.24, 2.45) is 0 Å². The molecule has 1 N–H and O–H groups in total. The van der Waals surface area contributed by atoms with Gasteiger partial charge in [0.1, 0.15) is 17.4 Å². The van der Waals surface area contributed by atoms with E-state index in [1.54, 1.807) is 13.8 Å². The summed E-state index contributed by atoms with van der Waals surface area (Å²) in [5, 5.41) is 6.51. The fourth-order valence-corrected chi connectivity index (χ4v) is 5.73. The van der Waals surface area contributed by atoms with Crippen LogP contribution < -0.4 is 5.32 Å². The lowest BCUT2D eigenvalue weighted by molar-refractivity contribution is -0.141. The molecular weight excluding hydrogens is 618 g/mol. The molecule has 3 amide bonds. The summed E-state index contributed by atoms with van der Waals surface area (Å²) in [5.74, 6) is -1.79. The maximum atomic E-state index is 14.0. The number of aromatic nitrogens is 3. The van der Waals surface area contributed by atoms with E-state index in [9.17, 15) is 40.7 Å². The summed E-state index contributed by atoms with van der Waals surface area (Å²) in [6, 6.07) is 2.51. The SMILES string of the molecule is CNC(=O)[C@@H]1CN([C@H](C)c2ccc(C(F)(F)F)nc2)C(=O)c2c3c(nn21)C[C@@H](C)N(C(=O)c1ccc(Cl)c(C(F)(F)F)c1)C3. The molecule has 1 aromatic carbocycles. The third-order valence-corrected chi connectivity index (χ3v) is 8.25. The van der Waals surface area contributed by atoms with Gasteiger partial charge in [0.2, 0.25) is 5.91 Å². The molecule has 234 valence electrons. The van der Waals surface area contributed by atoms with Gasteiger partial charge in [0.15, 0.2) is 0 Å². The van der Waals surface area contributed by atoms with Crippen LogP contribution in [0.25, 0.3) is 0 Å². The number of nitrogens with one attached hydrogen (secondary N) is 1. The number of benzene rings is 1. The first-order valence-electron chi connectivity index (χ1n) is 13.4. The second kappa shape index (κ2) is 11.1. The first-order valence-corrected chi connectivity index (χ1v) is 13.7. The standard InChI is InChI=1S/C28H25ClF6N6O3/c1-13-8-20-17(11-39(13)25(43)15-4-6-19(29)18(9-15)27(30,31)32)23-26(44)40(12-21(24(42)36-3)41(23)38-20)14(2)16-5-7-22(37-10-16)28(33,34)35/h4-7,9-10,13-14,21H,8,11-12H2,1-3H3,(H,36,42)/t13-,14-,21+/m1/s1. The lowest BCUT2D eigenvalue weighted by atomic mass is 9.96. The van der Waals surface area contributed by atoms with Crippen molar-refractivity contribution in [1.29, 1.82) is 0 Å². The van der Waals surface area contributed by atoms with Gasteiger partial charge in [-0.25, -0.2) is 4.68 Å². The summed E-state index contributed by atoms with van der Waals surface area (Å²) >= 11 is 5.73. The highest BCUT2D eigenvalue weighted by molar-refractivity contribution is 6.31. The Kier molecular flexibility index (Phi) is 7.89. The average Bonchev–Trinajstić information content (AvgIpc) is 3.33. The molecule has 5 rings (SSSR count).